The van der Waals surface area contributed by atoms with Crippen molar-refractivity contribution in [1.29, 1.82) is 0 Å². The number of nitrogens with zero attached hydrogens (tertiary/aromatic N) is 1. The number of aromatic nitrogens is 1. The normalized spacial score (nSPS) is 10.2. The Morgan fingerprint density at radius 1 is 1.53 bits per heavy atom. The molecular weight excluding hydrogens is 304 g/mol. The molecule has 6 heteroatoms. The maximum Gasteiger partial charge on any atom is 0.268 e. The van der Waals surface area contributed by atoms with Crippen molar-refractivity contribution in [3.8, 4) is 16.3 Å². The van der Waals surface area contributed by atoms with Gasteiger partial charge in [0.2, 0.25) is 0 Å². The lowest BCUT2D eigenvalue weighted by Gasteiger charge is -2.05. The Kier molecular flexibility index (Phi) is 3.44. The lowest BCUT2D eigenvalue weighted by Crippen LogP contribution is -2.10. The Balaban J connectivity index is 2.51. The van der Waals surface area contributed by atoms with E-state index < -0.39 is 5.91 Å². The number of carbonyl (C=O) groups is 1. The van der Waals surface area contributed by atoms with Gasteiger partial charge in [0.1, 0.15) is 16.5 Å². The van der Waals surface area contributed by atoms with Gasteiger partial charge in [-0.05, 0) is 18.2 Å². The van der Waals surface area contributed by atoms with Crippen molar-refractivity contribution < 1.29 is 9.53 Å². The van der Waals surface area contributed by atoms with Crippen LogP contribution in [0.25, 0.3) is 10.6 Å². The Morgan fingerprint density at radius 2 is 2.29 bits per heavy atom. The number of primary amides is 1. The minimum Gasteiger partial charge on any atom is -0.496 e. The molecule has 0 atom stereocenters. The average Bonchev–Trinajstić information content (AvgIpc) is 2.78. The van der Waals surface area contributed by atoms with Gasteiger partial charge in [-0.15, -0.1) is 11.3 Å². The number of ether oxygens (including phenoxy) is 1. The number of nitrogens with two attached hydrogens (primary N) is 1. The van der Waals surface area contributed by atoms with Crippen LogP contribution in [0.2, 0.25) is 0 Å². The molecule has 0 aliphatic rings. The third kappa shape index (κ3) is 2.48. The molecule has 0 fully saturated rings. The van der Waals surface area contributed by atoms with E-state index in [1.807, 2.05) is 18.2 Å². The summed E-state index contributed by atoms with van der Waals surface area (Å²) in [6.45, 7) is 0. The molecule has 17 heavy (non-hydrogen) atoms. The Morgan fingerprint density at radius 3 is 2.88 bits per heavy atom. The lowest BCUT2D eigenvalue weighted by atomic mass is 10.2. The van der Waals surface area contributed by atoms with E-state index in [1.165, 1.54) is 11.3 Å². The molecule has 0 unspecified atom stereocenters. The third-order valence-corrected chi connectivity index (χ3v) is 3.52. The molecule has 0 saturated carbocycles. The molecule has 1 aromatic carbocycles. The predicted molar refractivity (Wildman–Crippen MR) is 70.3 cm³/mol. The van der Waals surface area contributed by atoms with Crippen molar-refractivity contribution in [3.63, 3.8) is 0 Å². The molecule has 1 aromatic heterocycles. The highest BCUT2D eigenvalue weighted by Gasteiger charge is 2.12. The molecule has 2 aromatic rings. The maximum atomic E-state index is 11.0. The fraction of sp³-hybridized carbons (Fsp3) is 0.0909. The number of amides is 1. The summed E-state index contributed by atoms with van der Waals surface area (Å²) in [4.78, 5) is 15.2. The van der Waals surface area contributed by atoms with Crippen LogP contribution in [0.1, 0.15) is 10.5 Å². The quantitative estimate of drug-likeness (QED) is 0.947. The molecule has 2 N–H and O–H groups in total. The van der Waals surface area contributed by atoms with Crippen molar-refractivity contribution in [2.24, 2.45) is 5.73 Å². The van der Waals surface area contributed by atoms with Crippen molar-refractivity contribution in [3.05, 3.63) is 33.7 Å². The fourth-order valence-electron chi connectivity index (χ4n) is 1.36. The van der Waals surface area contributed by atoms with Crippen molar-refractivity contribution >= 4 is 33.2 Å². The first kappa shape index (κ1) is 12.1. The van der Waals surface area contributed by atoms with Gasteiger partial charge in [0.05, 0.1) is 12.7 Å². The topological polar surface area (TPSA) is 65.2 Å². The summed E-state index contributed by atoms with van der Waals surface area (Å²) in [6.07, 6.45) is 0. The summed E-state index contributed by atoms with van der Waals surface area (Å²) in [7, 11) is 1.59. The minimum atomic E-state index is -0.526. The summed E-state index contributed by atoms with van der Waals surface area (Å²) in [6, 6.07) is 5.61. The lowest BCUT2D eigenvalue weighted by molar-refractivity contribution is 0.0996. The van der Waals surface area contributed by atoms with Crippen LogP contribution in [0.5, 0.6) is 5.75 Å². The number of benzene rings is 1. The maximum absolute atomic E-state index is 11.0. The second-order valence-electron chi connectivity index (χ2n) is 3.25. The summed E-state index contributed by atoms with van der Waals surface area (Å²) in [5.41, 5.74) is 6.27. The van der Waals surface area contributed by atoms with E-state index in [1.54, 1.807) is 12.5 Å². The number of methoxy groups -OCH3 is 1. The van der Waals surface area contributed by atoms with E-state index in [-0.39, 0.29) is 5.69 Å². The Bertz CT molecular complexity index is 568. The molecule has 1 amide bonds. The van der Waals surface area contributed by atoms with E-state index in [2.05, 4.69) is 20.9 Å². The second kappa shape index (κ2) is 4.85. The highest BCUT2D eigenvalue weighted by molar-refractivity contribution is 9.10. The van der Waals surface area contributed by atoms with Gasteiger partial charge in [-0.25, -0.2) is 4.98 Å². The molecule has 88 valence electrons. The van der Waals surface area contributed by atoms with E-state index >= 15 is 0 Å². The van der Waals surface area contributed by atoms with Gasteiger partial charge in [-0.2, -0.15) is 0 Å². The second-order valence-corrected chi connectivity index (χ2v) is 5.02. The third-order valence-electron chi connectivity index (χ3n) is 2.15. The molecular formula is C11H9BrN2O2S. The van der Waals surface area contributed by atoms with Gasteiger partial charge < -0.3 is 10.5 Å². The van der Waals surface area contributed by atoms with Crippen molar-refractivity contribution in [2.75, 3.05) is 7.11 Å². The van der Waals surface area contributed by atoms with Crippen LogP contribution in [0.4, 0.5) is 0 Å². The zero-order chi connectivity index (χ0) is 12.4. The smallest absolute Gasteiger partial charge is 0.268 e. The van der Waals surface area contributed by atoms with E-state index in [0.29, 0.717) is 10.8 Å². The largest absolute Gasteiger partial charge is 0.496 e. The molecule has 0 aliphatic carbocycles. The number of carbonyl (C=O) groups excluding carboxylic acids is 1. The molecule has 4 nitrogen and oxygen atoms in total. The van der Waals surface area contributed by atoms with Crippen LogP contribution < -0.4 is 10.5 Å². The predicted octanol–water partition coefficient (Wildman–Crippen LogP) is 2.68. The zero-order valence-corrected chi connectivity index (χ0v) is 11.3. The first-order chi connectivity index (χ1) is 8.11. The van der Waals surface area contributed by atoms with E-state index in [0.717, 1.165) is 10.0 Å². The van der Waals surface area contributed by atoms with Crippen LogP contribution in [-0.2, 0) is 0 Å². The fourth-order valence-corrected chi connectivity index (χ4v) is 2.55. The SMILES string of the molecule is COc1ccc(Br)cc1-c1nc(C(N)=O)cs1. The van der Waals surface area contributed by atoms with Crippen LogP contribution in [0.3, 0.4) is 0 Å². The van der Waals surface area contributed by atoms with Crippen LogP contribution in [0.15, 0.2) is 28.1 Å². The number of hydrogen-bond acceptors (Lipinski definition) is 4. The van der Waals surface area contributed by atoms with Gasteiger partial charge in [-0.1, -0.05) is 15.9 Å². The molecule has 0 spiro atoms. The standard InChI is InChI=1S/C11H9BrN2O2S/c1-16-9-3-2-6(12)4-7(9)11-14-8(5-17-11)10(13)15/h2-5H,1H3,(H2,13,15). The number of thiazole rings is 1. The first-order valence-corrected chi connectivity index (χ1v) is 6.38. The molecule has 2 rings (SSSR count). The summed E-state index contributed by atoms with van der Waals surface area (Å²) >= 11 is 4.74. The molecule has 0 bridgehead atoms. The van der Waals surface area contributed by atoms with Gasteiger partial charge >= 0.3 is 0 Å². The number of rotatable bonds is 3. The van der Waals surface area contributed by atoms with Crippen LogP contribution in [-0.4, -0.2) is 18.0 Å². The van der Waals surface area contributed by atoms with E-state index in [9.17, 15) is 4.79 Å². The summed E-state index contributed by atoms with van der Waals surface area (Å²) in [5.74, 6) is 0.181. The van der Waals surface area contributed by atoms with Crippen molar-refractivity contribution in [1.82, 2.24) is 4.98 Å². The highest BCUT2D eigenvalue weighted by Crippen LogP contribution is 2.34. The molecule has 0 aliphatic heterocycles. The molecule has 0 radical (unpaired) electrons. The van der Waals surface area contributed by atoms with Crippen LogP contribution >= 0.6 is 27.3 Å². The Labute approximate surface area is 111 Å². The number of halogens is 1. The van der Waals surface area contributed by atoms with Crippen molar-refractivity contribution in [2.45, 2.75) is 0 Å². The Hall–Kier alpha value is -1.40. The average molecular weight is 313 g/mol. The van der Waals surface area contributed by atoms with Gasteiger partial charge in [0, 0.05) is 9.85 Å². The van der Waals surface area contributed by atoms with Gasteiger partial charge in [0.25, 0.3) is 5.91 Å². The summed E-state index contributed by atoms with van der Waals surface area (Å²) < 4.78 is 6.17. The number of hydrogen-bond donors (Lipinski definition) is 1. The van der Waals surface area contributed by atoms with Crippen LogP contribution in [0, 0.1) is 0 Å². The monoisotopic (exact) mass is 312 g/mol. The molecule has 1 heterocycles. The molecule has 0 saturated heterocycles. The summed E-state index contributed by atoms with van der Waals surface area (Å²) in [5, 5.41) is 2.34. The zero-order valence-electron chi connectivity index (χ0n) is 8.94. The highest BCUT2D eigenvalue weighted by atomic mass is 79.9. The van der Waals surface area contributed by atoms with Gasteiger partial charge in [-0.3, -0.25) is 4.79 Å². The first-order valence-electron chi connectivity index (χ1n) is 4.71. The minimum absolute atomic E-state index is 0.270. The van der Waals surface area contributed by atoms with Gasteiger partial charge in [0.15, 0.2) is 0 Å². The van der Waals surface area contributed by atoms with E-state index in [4.69, 9.17) is 10.5 Å².